The van der Waals surface area contributed by atoms with Gasteiger partial charge in [-0.1, -0.05) is 11.3 Å². The van der Waals surface area contributed by atoms with Crippen molar-refractivity contribution in [3.05, 3.63) is 46.3 Å². The maximum absolute atomic E-state index is 12.4. The monoisotopic (exact) mass is 674 g/mol. The molecule has 0 aliphatic carbocycles. The summed E-state index contributed by atoms with van der Waals surface area (Å²) in [4.78, 5) is 41.2. The van der Waals surface area contributed by atoms with E-state index in [9.17, 15) is 29.1 Å². The quantitative estimate of drug-likeness (QED) is 0.0845. The van der Waals surface area contributed by atoms with Gasteiger partial charge in [0.2, 0.25) is 5.51 Å². The van der Waals surface area contributed by atoms with Gasteiger partial charge in [-0.3, -0.25) is 13.6 Å². The molecule has 19 nitrogen and oxygen atoms in total. The molecular formula is C22H30N9O10P2S+. The summed E-state index contributed by atoms with van der Waals surface area (Å²) in [5.74, 6) is 1.01. The van der Waals surface area contributed by atoms with Crippen molar-refractivity contribution in [3.8, 4) is 0 Å². The number of phosphoric ester groups is 2. The number of thiazole rings is 1. The molecule has 8 N–H and O–H groups in total. The van der Waals surface area contributed by atoms with Crippen LogP contribution < -0.4 is 16.0 Å². The Morgan fingerprint density at radius 1 is 1.07 bits per heavy atom. The lowest BCUT2D eigenvalue weighted by Gasteiger charge is -2.19. The molecule has 1 saturated heterocycles. The number of anilines is 2. The fourth-order valence-electron chi connectivity index (χ4n) is 4.42. The third kappa shape index (κ3) is 7.11. The van der Waals surface area contributed by atoms with Crippen LogP contribution in [0.1, 0.15) is 28.2 Å². The second-order valence-electron chi connectivity index (χ2n) is 9.71. The van der Waals surface area contributed by atoms with Crippen LogP contribution in [-0.4, -0.2) is 81.0 Å². The van der Waals surface area contributed by atoms with Crippen LogP contribution in [0.5, 0.6) is 0 Å². The van der Waals surface area contributed by atoms with Crippen LogP contribution in [0, 0.1) is 13.8 Å². The van der Waals surface area contributed by atoms with Crippen LogP contribution in [0.3, 0.4) is 0 Å². The zero-order valence-corrected chi connectivity index (χ0v) is 25.9. The van der Waals surface area contributed by atoms with Crippen molar-refractivity contribution in [1.82, 2.24) is 29.5 Å². The van der Waals surface area contributed by atoms with Crippen molar-refractivity contribution in [2.75, 3.05) is 24.7 Å². The van der Waals surface area contributed by atoms with Crippen LogP contribution in [0.4, 0.5) is 11.6 Å². The molecule has 5 rings (SSSR count). The SMILES string of the molecule is Cc1ncc(C[n+]2csc(CCOP(=O)(O)OP(=O)(O)OC[C@H]3O[C@@H](n4cnc5c(N)ncnc54)[C@@H](O)[C@H]3O)c2C)c(N)n1. The number of nitrogens with two attached hydrogens (primary N) is 2. The normalized spacial score (nSPS) is 23.1. The maximum atomic E-state index is 12.4. The lowest BCUT2D eigenvalue weighted by atomic mass is 10.1. The Balaban J connectivity index is 1.12. The van der Waals surface area contributed by atoms with Gasteiger partial charge in [0.15, 0.2) is 29.9 Å². The average molecular weight is 675 g/mol. The first kappa shape index (κ1) is 32.4. The Bertz CT molecular complexity index is 1760. The molecule has 5 heterocycles. The molecule has 0 radical (unpaired) electrons. The van der Waals surface area contributed by atoms with Crippen LogP contribution in [0.15, 0.2) is 24.4 Å². The fourth-order valence-corrected chi connectivity index (χ4v) is 7.47. The number of aryl methyl sites for hydroxylation is 1. The molecule has 0 bridgehead atoms. The highest BCUT2D eigenvalue weighted by molar-refractivity contribution is 7.61. The van der Waals surface area contributed by atoms with Crippen molar-refractivity contribution >= 4 is 49.8 Å². The number of aliphatic hydroxyl groups excluding tert-OH is 2. The van der Waals surface area contributed by atoms with E-state index in [2.05, 4.69) is 29.2 Å². The lowest BCUT2D eigenvalue weighted by molar-refractivity contribution is -0.689. The molecule has 238 valence electrons. The molecule has 0 spiro atoms. The minimum atomic E-state index is -5.20. The first-order valence-corrected chi connectivity index (χ1v) is 16.8. The molecule has 0 amide bonds. The molecule has 22 heteroatoms. The summed E-state index contributed by atoms with van der Waals surface area (Å²) in [7, 11) is -10.3. The smallest absolute Gasteiger partial charge is 0.387 e. The van der Waals surface area contributed by atoms with E-state index in [4.69, 9.17) is 25.3 Å². The number of hydrogen-bond acceptors (Lipinski definition) is 16. The Labute approximate surface area is 253 Å². The second kappa shape index (κ2) is 12.8. The molecule has 0 aromatic carbocycles. The number of aliphatic hydroxyl groups is 2. The number of nitrogens with zero attached hydrogens (tertiary/aromatic N) is 7. The van der Waals surface area contributed by atoms with Gasteiger partial charge in [0.05, 0.1) is 30.0 Å². The second-order valence-corrected chi connectivity index (χ2v) is 13.7. The summed E-state index contributed by atoms with van der Waals surface area (Å²) < 4.78 is 47.7. The molecule has 1 aliphatic heterocycles. The predicted octanol–water partition coefficient (Wildman–Crippen LogP) is -0.0927. The number of aromatic nitrogens is 7. The molecule has 44 heavy (non-hydrogen) atoms. The Hall–Kier alpha value is -3.00. The molecule has 1 aliphatic rings. The zero-order valence-electron chi connectivity index (χ0n) is 23.3. The van der Waals surface area contributed by atoms with E-state index in [-0.39, 0.29) is 30.0 Å². The standard InChI is InChI=1S/C22H29N9O10P2S/c1-11-15(44-10-30(11)6-13-5-25-12(2)29-19(13)23)3-4-38-42(34,35)41-43(36,37)39-7-14-17(32)18(33)22(40-14)31-9-28-16-20(24)26-8-27-21(16)31/h5,8-10,14,17-18,22,32-33H,3-4,6-7H2,1-2H3,(H5-,23,24,25,26,27,29,34,35,36,37)/p+1/t14-,17+,18+,22-/m1/s1. The highest BCUT2D eigenvalue weighted by Crippen LogP contribution is 2.60. The van der Waals surface area contributed by atoms with Gasteiger partial charge in [-0.05, 0) is 6.92 Å². The summed E-state index contributed by atoms with van der Waals surface area (Å²) in [5.41, 5.74) is 15.6. The van der Waals surface area contributed by atoms with E-state index in [1.807, 2.05) is 17.0 Å². The third-order valence-electron chi connectivity index (χ3n) is 6.71. The highest BCUT2D eigenvalue weighted by Gasteiger charge is 2.46. The predicted molar refractivity (Wildman–Crippen MR) is 152 cm³/mol. The summed E-state index contributed by atoms with van der Waals surface area (Å²) in [6.07, 6.45) is -1.38. The van der Waals surface area contributed by atoms with Gasteiger partial charge >= 0.3 is 15.6 Å². The van der Waals surface area contributed by atoms with E-state index < -0.39 is 46.8 Å². The van der Waals surface area contributed by atoms with Crippen molar-refractivity contribution in [1.29, 1.82) is 0 Å². The van der Waals surface area contributed by atoms with E-state index in [1.54, 1.807) is 13.1 Å². The van der Waals surface area contributed by atoms with E-state index >= 15 is 0 Å². The number of hydrogen-bond donors (Lipinski definition) is 6. The van der Waals surface area contributed by atoms with Crippen LogP contribution >= 0.6 is 27.0 Å². The van der Waals surface area contributed by atoms with Gasteiger partial charge < -0.3 is 36.2 Å². The number of phosphoric acid groups is 2. The van der Waals surface area contributed by atoms with E-state index in [0.29, 0.717) is 18.2 Å². The number of fused-ring (bicyclic) bond motifs is 1. The van der Waals surface area contributed by atoms with Gasteiger partial charge in [0.1, 0.15) is 41.8 Å². The molecular weight excluding hydrogens is 644 g/mol. The van der Waals surface area contributed by atoms with Crippen LogP contribution in [0.2, 0.25) is 0 Å². The minimum absolute atomic E-state index is 0.0871. The summed E-state index contributed by atoms with van der Waals surface area (Å²) in [6, 6.07) is 0. The highest BCUT2D eigenvalue weighted by atomic mass is 32.1. The van der Waals surface area contributed by atoms with Crippen molar-refractivity contribution < 1.29 is 51.8 Å². The number of rotatable bonds is 12. The molecule has 0 saturated carbocycles. The van der Waals surface area contributed by atoms with Crippen molar-refractivity contribution in [3.63, 3.8) is 0 Å². The van der Waals surface area contributed by atoms with Crippen molar-refractivity contribution in [2.45, 2.75) is 51.4 Å². The fraction of sp³-hybridized carbons (Fsp3) is 0.455. The molecule has 4 aromatic rings. The van der Waals surface area contributed by atoms with Gasteiger partial charge in [-0.15, -0.1) is 0 Å². The first-order valence-electron chi connectivity index (χ1n) is 12.9. The minimum Gasteiger partial charge on any atom is -0.387 e. The largest absolute Gasteiger partial charge is 0.481 e. The molecule has 1 fully saturated rings. The average Bonchev–Trinajstić information content (AvgIpc) is 3.61. The number of ether oxygens (including phenoxy) is 1. The number of nitrogen functional groups attached to an aromatic ring is 2. The van der Waals surface area contributed by atoms with Gasteiger partial charge in [-0.2, -0.15) is 8.88 Å². The Kier molecular flexibility index (Phi) is 9.41. The van der Waals surface area contributed by atoms with Gasteiger partial charge in [0, 0.05) is 19.5 Å². The van der Waals surface area contributed by atoms with Gasteiger partial charge in [-0.25, -0.2) is 34.0 Å². The zero-order chi connectivity index (χ0) is 31.8. The van der Waals surface area contributed by atoms with Crippen LogP contribution in [-0.2, 0) is 40.2 Å². The van der Waals surface area contributed by atoms with Crippen LogP contribution in [0.25, 0.3) is 11.2 Å². The Morgan fingerprint density at radius 2 is 1.82 bits per heavy atom. The Morgan fingerprint density at radius 3 is 2.57 bits per heavy atom. The maximum Gasteiger partial charge on any atom is 0.481 e. The molecule has 2 unspecified atom stereocenters. The number of imidazole rings is 1. The lowest BCUT2D eigenvalue weighted by Crippen LogP contribution is -2.35. The van der Waals surface area contributed by atoms with E-state index in [0.717, 1.165) is 16.1 Å². The molecule has 4 aromatic heterocycles. The summed E-state index contributed by atoms with van der Waals surface area (Å²) in [6.45, 7) is 2.88. The summed E-state index contributed by atoms with van der Waals surface area (Å²) >= 11 is 1.37. The molecule has 6 atom stereocenters. The topological polar surface area (TPSA) is 277 Å². The van der Waals surface area contributed by atoms with E-state index in [1.165, 1.54) is 28.6 Å². The summed E-state index contributed by atoms with van der Waals surface area (Å²) in [5, 5.41) is 21.0. The first-order chi connectivity index (χ1) is 20.7. The third-order valence-corrected chi connectivity index (χ3v) is 10.5. The van der Waals surface area contributed by atoms with Gasteiger partial charge in [0.25, 0.3) is 0 Å². The van der Waals surface area contributed by atoms with Crippen molar-refractivity contribution in [2.24, 2.45) is 0 Å².